The van der Waals surface area contributed by atoms with E-state index in [2.05, 4.69) is 6.07 Å². The Morgan fingerprint density at radius 2 is 1.57 bits per heavy atom. The van der Waals surface area contributed by atoms with Crippen LogP contribution in [0.1, 0.15) is 5.56 Å². The lowest BCUT2D eigenvalue weighted by atomic mass is 9.94. The van der Waals surface area contributed by atoms with Gasteiger partial charge in [0.15, 0.2) is 11.5 Å². The van der Waals surface area contributed by atoms with E-state index in [4.69, 9.17) is 14.2 Å². The summed E-state index contributed by atoms with van der Waals surface area (Å²) in [4.78, 5) is 0. The summed E-state index contributed by atoms with van der Waals surface area (Å²) in [5.41, 5.74) is 0.405. The molecule has 0 spiro atoms. The van der Waals surface area contributed by atoms with E-state index in [9.17, 15) is 10.4 Å². The number of nitrogens with zero attached hydrogens (tertiary/aromatic N) is 1. The summed E-state index contributed by atoms with van der Waals surface area (Å²) < 4.78 is 16.2. The van der Waals surface area contributed by atoms with E-state index in [1.165, 1.54) is 21.3 Å². The lowest BCUT2D eigenvalue weighted by Crippen LogP contribution is -1.97. The zero-order valence-corrected chi connectivity index (χ0v) is 13.0. The highest BCUT2D eigenvalue weighted by Gasteiger charge is 2.23. The van der Waals surface area contributed by atoms with Crippen molar-refractivity contribution >= 4 is 21.5 Å². The van der Waals surface area contributed by atoms with Crippen molar-refractivity contribution in [3.05, 3.63) is 35.9 Å². The quantitative estimate of drug-likeness (QED) is 0.748. The molecule has 0 aliphatic heterocycles. The number of nitriles is 1. The van der Waals surface area contributed by atoms with Gasteiger partial charge in [-0.3, -0.25) is 0 Å². The predicted octanol–water partition coefficient (Wildman–Crippen LogP) is 3.60. The van der Waals surface area contributed by atoms with Crippen molar-refractivity contribution < 1.29 is 19.3 Å². The number of hydrogen-bond donors (Lipinski definition) is 1. The molecule has 0 fully saturated rings. The van der Waals surface area contributed by atoms with Crippen LogP contribution in [0.5, 0.6) is 23.0 Å². The Balaban J connectivity index is 2.70. The minimum Gasteiger partial charge on any atom is -0.507 e. The minimum absolute atomic E-state index is 0.0485. The predicted molar refractivity (Wildman–Crippen MR) is 87.5 cm³/mol. The summed E-state index contributed by atoms with van der Waals surface area (Å²) in [6.07, 6.45) is 0. The fraction of sp³-hybridized carbons (Fsp3) is 0.167. The van der Waals surface area contributed by atoms with Gasteiger partial charge in [0.25, 0.3) is 0 Å². The highest BCUT2D eigenvalue weighted by Crippen LogP contribution is 2.49. The van der Waals surface area contributed by atoms with Gasteiger partial charge >= 0.3 is 0 Å². The van der Waals surface area contributed by atoms with E-state index >= 15 is 0 Å². The molecule has 0 heterocycles. The number of aromatic hydroxyl groups is 1. The molecule has 3 rings (SSSR count). The van der Waals surface area contributed by atoms with Gasteiger partial charge in [0, 0.05) is 16.8 Å². The molecule has 1 N–H and O–H groups in total. The molecule has 23 heavy (non-hydrogen) atoms. The average Bonchev–Trinajstić information content (AvgIpc) is 2.60. The summed E-state index contributed by atoms with van der Waals surface area (Å²) in [7, 11) is 4.51. The SMILES string of the molecule is COc1cc(OC)c2c(O)c3ccccc3c(C#N)c2c1OC. The third-order valence-electron chi connectivity index (χ3n) is 3.90. The van der Waals surface area contributed by atoms with Crippen molar-refractivity contribution in [2.75, 3.05) is 21.3 Å². The highest BCUT2D eigenvalue weighted by atomic mass is 16.5. The zero-order valence-electron chi connectivity index (χ0n) is 13.0. The number of phenolic OH excluding ortho intramolecular Hbond substituents is 1. The van der Waals surface area contributed by atoms with Gasteiger partial charge in [0.2, 0.25) is 0 Å². The topological polar surface area (TPSA) is 71.7 Å². The van der Waals surface area contributed by atoms with Crippen molar-refractivity contribution in [3.8, 4) is 29.1 Å². The molecule has 116 valence electrons. The number of phenols is 1. The number of methoxy groups -OCH3 is 3. The van der Waals surface area contributed by atoms with E-state index in [1.807, 2.05) is 12.1 Å². The molecule has 0 atom stereocenters. The van der Waals surface area contributed by atoms with Crippen LogP contribution in [0.3, 0.4) is 0 Å². The molecular weight excluding hydrogens is 294 g/mol. The highest BCUT2D eigenvalue weighted by molar-refractivity contribution is 6.14. The number of ether oxygens (including phenoxy) is 3. The molecule has 0 unspecified atom stereocenters. The molecule has 0 radical (unpaired) electrons. The van der Waals surface area contributed by atoms with Gasteiger partial charge in [-0.15, -0.1) is 0 Å². The van der Waals surface area contributed by atoms with Crippen molar-refractivity contribution in [1.29, 1.82) is 5.26 Å². The fourth-order valence-corrected chi connectivity index (χ4v) is 2.90. The van der Waals surface area contributed by atoms with Crippen LogP contribution in [0, 0.1) is 11.3 Å². The van der Waals surface area contributed by atoms with Crippen molar-refractivity contribution in [2.45, 2.75) is 0 Å². The van der Waals surface area contributed by atoms with E-state index in [1.54, 1.807) is 18.2 Å². The van der Waals surface area contributed by atoms with Crippen LogP contribution in [-0.2, 0) is 0 Å². The summed E-state index contributed by atoms with van der Waals surface area (Å²) in [6, 6.07) is 11.0. The maximum Gasteiger partial charge on any atom is 0.170 e. The van der Waals surface area contributed by atoms with Crippen LogP contribution >= 0.6 is 0 Å². The molecular formula is C18H15NO4. The van der Waals surface area contributed by atoms with Gasteiger partial charge in [0.1, 0.15) is 17.6 Å². The molecule has 0 saturated carbocycles. The summed E-state index contributed by atoms with van der Waals surface area (Å²) >= 11 is 0. The lowest BCUT2D eigenvalue weighted by molar-refractivity contribution is 0.353. The van der Waals surface area contributed by atoms with Gasteiger partial charge in [-0.25, -0.2) is 0 Å². The normalized spacial score (nSPS) is 10.5. The number of benzene rings is 3. The molecule has 3 aromatic rings. The molecule has 0 aromatic heterocycles. The maximum atomic E-state index is 10.7. The minimum atomic E-state index is 0.0485. The second-order valence-corrected chi connectivity index (χ2v) is 4.95. The first-order valence-corrected chi connectivity index (χ1v) is 6.94. The average molecular weight is 309 g/mol. The van der Waals surface area contributed by atoms with Gasteiger partial charge in [-0.1, -0.05) is 24.3 Å². The van der Waals surface area contributed by atoms with Crippen LogP contribution in [0.25, 0.3) is 21.5 Å². The Kier molecular flexibility index (Phi) is 3.59. The molecule has 0 saturated heterocycles. The fourth-order valence-electron chi connectivity index (χ4n) is 2.90. The molecule has 0 aliphatic carbocycles. The largest absolute Gasteiger partial charge is 0.507 e. The van der Waals surface area contributed by atoms with Crippen LogP contribution in [0.15, 0.2) is 30.3 Å². The molecule has 5 nitrogen and oxygen atoms in total. The van der Waals surface area contributed by atoms with Crippen molar-refractivity contribution in [2.24, 2.45) is 0 Å². The summed E-state index contributed by atoms with van der Waals surface area (Å²) in [6.45, 7) is 0. The first kappa shape index (κ1) is 14.8. The molecule has 3 aromatic carbocycles. The second kappa shape index (κ2) is 5.58. The van der Waals surface area contributed by atoms with Gasteiger partial charge in [-0.05, 0) is 0 Å². The molecule has 0 bridgehead atoms. The Morgan fingerprint density at radius 3 is 2.13 bits per heavy atom. The third-order valence-corrected chi connectivity index (χ3v) is 3.90. The van der Waals surface area contributed by atoms with E-state index in [0.29, 0.717) is 44.4 Å². The number of fused-ring (bicyclic) bond motifs is 2. The van der Waals surface area contributed by atoms with E-state index < -0.39 is 0 Å². The van der Waals surface area contributed by atoms with Crippen LogP contribution < -0.4 is 14.2 Å². The second-order valence-electron chi connectivity index (χ2n) is 4.95. The zero-order chi connectivity index (χ0) is 16.6. The Labute approximate surface area is 133 Å². The summed E-state index contributed by atoms with van der Waals surface area (Å²) in [5, 5.41) is 22.6. The molecule has 5 heteroatoms. The Bertz CT molecular complexity index is 957. The van der Waals surface area contributed by atoms with E-state index in [0.717, 1.165) is 0 Å². The summed E-state index contributed by atoms with van der Waals surface area (Å²) in [5.74, 6) is 1.29. The first-order chi connectivity index (χ1) is 11.2. The van der Waals surface area contributed by atoms with Crippen molar-refractivity contribution in [3.63, 3.8) is 0 Å². The Hall–Kier alpha value is -3.13. The number of hydrogen-bond acceptors (Lipinski definition) is 5. The van der Waals surface area contributed by atoms with Gasteiger partial charge < -0.3 is 19.3 Å². The van der Waals surface area contributed by atoms with Crippen molar-refractivity contribution in [1.82, 2.24) is 0 Å². The third kappa shape index (κ3) is 2.00. The standard InChI is InChI=1S/C18H15NO4/c1-21-13-8-14(22-2)18(23-3)15-12(9-19)10-6-4-5-7-11(10)17(20)16(13)15/h4-8,20H,1-3H3. The first-order valence-electron chi connectivity index (χ1n) is 6.94. The Morgan fingerprint density at radius 1 is 0.913 bits per heavy atom. The maximum absolute atomic E-state index is 10.7. The van der Waals surface area contributed by atoms with Crippen LogP contribution in [-0.4, -0.2) is 26.4 Å². The smallest absolute Gasteiger partial charge is 0.170 e. The van der Waals surface area contributed by atoms with Gasteiger partial charge in [0.05, 0.1) is 37.7 Å². The van der Waals surface area contributed by atoms with Crippen LogP contribution in [0.2, 0.25) is 0 Å². The lowest BCUT2D eigenvalue weighted by Gasteiger charge is -2.17. The van der Waals surface area contributed by atoms with Gasteiger partial charge in [-0.2, -0.15) is 5.26 Å². The molecule has 0 aliphatic rings. The molecule has 0 amide bonds. The monoisotopic (exact) mass is 309 g/mol. The number of rotatable bonds is 3. The van der Waals surface area contributed by atoms with E-state index in [-0.39, 0.29) is 5.75 Å². The van der Waals surface area contributed by atoms with Crippen LogP contribution in [0.4, 0.5) is 0 Å².